The lowest BCUT2D eigenvalue weighted by Gasteiger charge is -2.13. The molecule has 0 aromatic heterocycles. The van der Waals surface area contributed by atoms with Gasteiger partial charge in [-0.25, -0.2) is 8.42 Å². The van der Waals surface area contributed by atoms with Gasteiger partial charge in [0.05, 0.1) is 10.6 Å². The van der Waals surface area contributed by atoms with Gasteiger partial charge in [-0.3, -0.25) is 0 Å². The Hall–Kier alpha value is -0.350. The van der Waals surface area contributed by atoms with E-state index in [9.17, 15) is 8.42 Å². The van der Waals surface area contributed by atoms with Gasteiger partial charge < -0.3 is 0 Å². The molecule has 1 aromatic carbocycles. The maximum Gasteiger partial charge on any atom is 0.178 e. The van der Waals surface area contributed by atoms with Gasteiger partial charge >= 0.3 is 0 Å². The zero-order chi connectivity index (χ0) is 13.2. The Kier molecular flexibility index (Phi) is 4.49. The highest BCUT2D eigenvalue weighted by Gasteiger charge is 2.30. The highest BCUT2D eigenvalue weighted by molar-refractivity contribution is 9.09. The van der Waals surface area contributed by atoms with Crippen molar-refractivity contribution in [3.8, 4) is 0 Å². The van der Waals surface area contributed by atoms with E-state index in [0.717, 1.165) is 17.9 Å². The predicted molar refractivity (Wildman–Crippen MR) is 77.9 cm³/mol. The Morgan fingerprint density at radius 2 is 2.00 bits per heavy atom. The van der Waals surface area contributed by atoms with Gasteiger partial charge in [0.2, 0.25) is 0 Å². The van der Waals surface area contributed by atoms with E-state index in [1.54, 1.807) is 6.07 Å². The number of hydrogen-bond acceptors (Lipinski definition) is 2. The fourth-order valence-electron chi connectivity index (χ4n) is 2.19. The molecule has 0 aliphatic heterocycles. The zero-order valence-corrected chi connectivity index (χ0v) is 13.0. The van der Waals surface area contributed by atoms with Gasteiger partial charge in [0.1, 0.15) is 0 Å². The molecule has 0 N–H and O–H groups in total. The molecule has 1 saturated carbocycles. The molecule has 4 heteroatoms. The fourth-order valence-corrected chi connectivity index (χ4v) is 4.66. The van der Waals surface area contributed by atoms with Crippen molar-refractivity contribution in [2.24, 2.45) is 5.92 Å². The molecule has 0 radical (unpaired) electrons. The molecule has 0 bridgehead atoms. The van der Waals surface area contributed by atoms with Crippen LogP contribution in [0.3, 0.4) is 0 Å². The van der Waals surface area contributed by atoms with Gasteiger partial charge in [-0.2, -0.15) is 0 Å². The third kappa shape index (κ3) is 3.35. The van der Waals surface area contributed by atoms with Crippen LogP contribution in [-0.2, 0) is 16.3 Å². The molecule has 2 nitrogen and oxygen atoms in total. The van der Waals surface area contributed by atoms with Gasteiger partial charge in [-0.05, 0) is 43.2 Å². The monoisotopic (exact) mass is 330 g/mol. The fraction of sp³-hybridized carbons (Fsp3) is 0.571. The topological polar surface area (TPSA) is 34.1 Å². The van der Waals surface area contributed by atoms with Crippen LogP contribution in [0.5, 0.6) is 0 Å². The minimum Gasteiger partial charge on any atom is -0.224 e. The molecule has 0 heterocycles. The number of alkyl halides is 1. The summed E-state index contributed by atoms with van der Waals surface area (Å²) in [4.78, 5) is 0.937. The number of hydrogen-bond donors (Lipinski definition) is 0. The Bertz CT molecular complexity index is 506. The first-order valence-electron chi connectivity index (χ1n) is 6.49. The molecule has 100 valence electrons. The van der Waals surface area contributed by atoms with E-state index < -0.39 is 9.84 Å². The molecule has 18 heavy (non-hydrogen) atoms. The SMILES string of the molecule is CCCS(=O)(=O)c1ccccc1CC(Br)C1CC1. The summed E-state index contributed by atoms with van der Waals surface area (Å²) in [6.45, 7) is 1.90. The third-order valence-corrected chi connectivity index (χ3v) is 6.41. The third-order valence-electron chi connectivity index (χ3n) is 3.33. The summed E-state index contributed by atoms with van der Waals surface area (Å²) in [6, 6.07) is 7.42. The van der Waals surface area contributed by atoms with E-state index in [-0.39, 0.29) is 5.75 Å². The van der Waals surface area contributed by atoms with Crippen molar-refractivity contribution in [1.82, 2.24) is 0 Å². The highest BCUT2D eigenvalue weighted by atomic mass is 79.9. The second-order valence-corrected chi connectivity index (χ2v) is 8.24. The van der Waals surface area contributed by atoms with Crippen LogP contribution in [0.15, 0.2) is 29.2 Å². The molecular weight excluding hydrogens is 312 g/mol. The summed E-state index contributed by atoms with van der Waals surface area (Å²) < 4.78 is 24.4. The molecule has 1 atom stereocenters. The molecule has 1 aliphatic rings. The van der Waals surface area contributed by atoms with Crippen molar-refractivity contribution < 1.29 is 8.42 Å². The Balaban J connectivity index is 2.24. The molecule has 1 aliphatic carbocycles. The van der Waals surface area contributed by atoms with Crippen LogP contribution in [0.25, 0.3) is 0 Å². The molecule has 1 aromatic rings. The smallest absolute Gasteiger partial charge is 0.178 e. The van der Waals surface area contributed by atoms with Crippen molar-refractivity contribution in [3.05, 3.63) is 29.8 Å². The van der Waals surface area contributed by atoms with Crippen LogP contribution in [-0.4, -0.2) is 19.0 Å². The minimum atomic E-state index is -3.11. The summed E-state index contributed by atoms with van der Waals surface area (Å²) in [6.07, 6.45) is 4.00. The molecule has 1 fully saturated rings. The number of sulfone groups is 1. The minimum absolute atomic E-state index is 0.237. The quantitative estimate of drug-likeness (QED) is 0.747. The highest BCUT2D eigenvalue weighted by Crippen LogP contribution is 2.38. The van der Waals surface area contributed by atoms with Crippen LogP contribution >= 0.6 is 15.9 Å². The molecule has 0 spiro atoms. The summed E-state index contributed by atoms with van der Waals surface area (Å²) >= 11 is 3.69. The van der Waals surface area contributed by atoms with Crippen LogP contribution in [0.1, 0.15) is 31.7 Å². The van der Waals surface area contributed by atoms with Crippen LogP contribution < -0.4 is 0 Å². The standard InChI is InChI=1S/C14H19BrO2S/c1-2-9-18(16,17)14-6-4-3-5-12(14)10-13(15)11-7-8-11/h3-6,11,13H,2,7-10H2,1H3. The first kappa shape index (κ1) is 14.1. The van der Waals surface area contributed by atoms with E-state index in [0.29, 0.717) is 16.1 Å². The zero-order valence-electron chi connectivity index (χ0n) is 10.6. The Labute approximate surface area is 118 Å². The molecule has 0 saturated heterocycles. The maximum atomic E-state index is 12.2. The van der Waals surface area contributed by atoms with Crippen molar-refractivity contribution in [3.63, 3.8) is 0 Å². The lowest BCUT2D eigenvalue weighted by atomic mass is 10.1. The average Bonchev–Trinajstić information content (AvgIpc) is 3.13. The van der Waals surface area contributed by atoms with Crippen molar-refractivity contribution in [1.29, 1.82) is 0 Å². The van der Waals surface area contributed by atoms with E-state index in [2.05, 4.69) is 15.9 Å². The van der Waals surface area contributed by atoms with Gasteiger partial charge in [-0.15, -0.1) is 0 Å². The van der Waals surface area contributed by atoms with Crippen molar-refractivity contribution in [2.75, 3.05) is 5.75 Å². The maximum absolute atomic E-state index is 12.2. The van der Waals surface area contributed by atoms with Crippen LogP contribution in [0.4, 0.5) is 0 Å². The summed E-state index contributed by atoms with van der Waals surface area (Å²) in [5.74, 6) is 0.965. The Morgan fingerprint density at radius 1 is 1.33 bits per heavy atom. The van der Waals surface area contributed by atoms with Gasteiger partial charge in [-0.1, -0.05) is 41.1 Å². The normalized spacial score (nSPS) is 17.7. The van der Waals surface area contributed by atoms with Gasteiger partial charge in [0.15, 0.2) is 9.84 Å². The van der Waals surface area contributed by atoms with Crippen molar-refractivity contribution in [2.45, 2.75) is 42.3 Å². The second kappa shape index (κ2) is 5.74. The first-order chi connectivity index (χ1) is 8.54. The summed E-state index contributed by atoms with van der Waals surface area (Å²) in [5, 5.41) is 0. The Morgan fingerprint density at radius 3 is 2.61 bits per heavy atom. The second-order valence-electron chi connectivity index (χ2n) is 4.98. The van der Waals surface area contributed by atoms with E-state index in [4.69, 9.17) is 0 Å². The molecule has 1 unspecified atom stereocenters. The van der Waals surface area contributed by atoms with E-state index >= 15 is 0 Å². The first-order valence-corrected chi connectivity index (χ1v) is 9.06. The largest absolute Gasteiger partial charge is 0.224 e. The summed E-state index contributed by atoms with van der Waals surface area (Å²) in [5.41, 5.74) is 0.958. The predicted octanol–water partition coefficient (Wildman–Crippen LogP) is 3.59. The molecule has 2 rings (SSSR count). The molecular formula is C14H19BrO2S. The number of halogens is 1. The van der Waals surface area contributed by atoms with Gasteiger partial charge in [0.25, 0.3) is 0 Å². The summed E-state index contributed by atoms with van der Waals surface area (Å²) in [7, 11) is -3.11. The number of rotatable bonds is 6. The lowest BCUT2D eigenvalue weighted by molar-refractivity contribution is 0.593. The van der Waals surface area contributed by atoms with E-state index in [1.165, 1.54) is 12.8 Å². The van der Waals surface area contributed by atoms with Gasteiger partial charge in [0, 0.05) is 4.83 Å². The lowest BCUT2D eigenvalue weighted by Crippen LogP contribution is -2.12. The number of benzene rings is 1. The van der Waals surface area contributed by atoms with Crippen LogP contribution in [0.2, 0.25) is 0 Å². The van der Waals surface area contributed by atoms with Crippen molar-refractivity contribution >= 4 is 25.8 Å². The van der Waals surface area contributed by atoms with E-state index in [1.807, 2.05) is 25.1 Å². The molecule has 0 amide bonds. The van der Waals surface area contributed by atoms with Crippen LogP contribution in [0, 0.1) is 5.92 Å². The average molecular weight is 331 g/mol.